The molecule has 0 atom stereocenters. The highest BCUT2D eigenvalue weighted by atomic mass is 19.1. The average Bonchev–Trinajstić information content (AvgIpc) is 3.37. The Bertz CT molecular complexity index is 1440. The van der Waals surface area contributed by atoms with E-state index in [0.717, 1.165) is 5.56 Å². The zero-order valence-electron chi connectivity index (χ0n) is 20.6. The molecule has 0 spiro atoms. The van der Waals surface area contributed by atoms with Crippen LogP contribution in [0.25, 0.3) is 16.9 Å². The summed E-state index contributed by atoms with van der Waals surface area (Å²) in [5, 5.41) is 15.9. The second-order valence-corrected chi connectivity index (χ2v) is 8.28. The first-order chi connectivity index (χ1) is 17.8. The molecular weight excluding hydrogens is 479 g/mol. The Morgan fingerprint density at radius 1 is 1.03 bits per heavy atom. The van der Waals surface area contributed by atoms with Gasteiger partial charge in [0.25, 0.3) is 11.6 Å². The third-order valence-corrected chi connectivity index (χ3v) is 5.88. The summed E-state index contributed by atoms with van der Waals surface area (Å²) >= 11 is 0. The standard InChI is InChI=1S/C27H25FN4O5/c1-30(14-13-18-7-12-25(36-2)26(15-18)37-3)27(33)24-17-23(19-8-10-20(28)11-9-19)29-31(24)21-5-4-6-22(16-21)32(34)35/h4-12,15-17H,13-14H2,1-3H3. The van der Waals surface area contributed by atoms with Gasteiger partial charge in [-0.2, -0.15) is 5.10 Å². The fourth-order valence-electron chi connectivity index (χ4n) is 3.86. The van der Waals surface area contributed by atoms with Gasteiger partial charge in [-0.3, -0.25) is 14.9 Å². The van der Waals surface area contributed by atoms with E-state index in [-0.39, 0.29) is 17.3 Å². The topological polar surface area (TPSA) is 99.7 Å². The molecule has 1 amide bonds. The predicted molar refractivity (Wildman–Crippen MR) is 136 cm³/mol. The minimum absolute atomic E-state index is 0.128. The zero-order chi connectivity index (χ0) is 26.5. The van der Waals surface area contributed by atoms with E-state index in [2.05, 4.69) is 5.10 Å². The Hall–Kier alpha value is -4.73. The molecule has 1 aromatic heterocycles. The third kappa shape index (κ3) is 5.58. The maximum atomic E-state index is 13.5. The highest BCUT2D eigenvalue weighted by Gasteiger charge is 2.22. The number of benzene rings is 3. The number of hydrogen-bond donors (Lipinski definition) is 0. The predicted octanol–water partition coefficient (Wildman–Crippen LogP) is 4.92. The largest absolute Gasteiger partial charge is 0.493 e. The van der Waals surface area contributed by atoms with Crippen LogP contribution in [-0.2, 0) is 6.42 Å². The highest BCUT2D eigenvalue weighted by Crippen LogP contribution is 2.28. The first-order valence-electron chi connectivity index (χ1n) is 11.4. The number of carbonyl (C=O) groups excluding carboxylic acids is 1. The number of methoxy groups -OCH3 is 2. The zero-order valence-corrected chi connectivity index (χ0v) is 20.6. The number of rotatable bonds is 9. The van der Waals surface area contributed by atoms with Gasteiger partial charge in [0.1, 0.15) is 11.5 Å². The molecular formula is C27H25FN4O5. The number of nitrogens with zero attached hydrogens (tertiary/aromatic N) is 4. The SMILES string of the molecule is COc1ccc(CCN(C)C(=O)c2cc(-c3ccc(F)cc3)nn2-c2cccc([N+](=O)[O-])c2)cc1OC. The summed E-state index contributed by atoms with van der Waals surface area (Å²) in [6.45, 7) is 0.389. The Morgan fingerprint density at radius 2 is 1.76 bits per heavy atom. The Morgan fingerprint density at radius 3 is 2.43 bits per heavy atom. The lowest BCUT2D eigenvalue weighted by Gasteiger charge is -2.18. The van der Waals surface area contributed by atoms with Crippen LogP contribution < -0.4 is 9.47 Å². The molecule has 9 nitrogen and oxygen atoms in total. The van der Waals surface area contributed by atoms with Gasteiger partial charge in [-0.25, -0.2) is 9.07 Å². The number of likely N-dealkylation sites (N-methyl/N-ethyl adjacent to an activating group) is 1. The van der Waals surface area contributed by atoms with Gasteiger partial charge in [-0.05, 0) is 60.5 Å². The van der Waals surface area contributed by atoms with Crippen molar-refractivity contribution < 1.29 is 23.6 Å². The van der Waals surface area contributed by atoms with Crippen molar-refractivity contribution in [2.45, 2.75) is 6.42 Å². The number of hydrogen-bond acceptors (Lipinski definition) is 6. The molecule has 10 heteroatoms. The maximum Gasteiger partial charge on any atom is 0.272 e. The van der Waals surface area contributed by atoms with Gasteiger partial charge in [0, 0.05) is 31.3 Å². The Labute approximate surface area is 212 Å². The minimum Gasteiger partial charge on any atom is -0.493 e. The molecule has 190 valence electrons. The molecule has 0 saturated carbocycles. The van der Waals surface area contributed by atoms with Crippen molar-refractivity contribution in [3.8, 4) is 28.4 Å². The summed E-state index contributed by atoms with van der Waals surface area (Å²) in [6, 6.07) is 18.8. The number of aromatic nitrogens is 2. The fraction of sp³-hybridized carbons (Fsp3) is 0.185. The van der Waals surface area contributed by atoms with Gasteiger partial charge in [0.05, 0.1) is 30.5 Å². The summed E-state index contributed by atoms with van der Waals surface area (Å²) in [5.41, 5.74) is 2.44. The van der Waals surface area contributed by atoms with E-state index in [1.807, 2.05) is 18.2 Å². The lowest BCUT2D eigenvalue weighted by Crippen LogP contribution is -2.30. The highest BCUT2D eigenvalue weighted by molar-refractivity contribution is 5.94. The molecule has 0 fully saturated rings. The van der Waals surface area contributed by atoms with Crippen molar-refractivity contribution in [3.63, 3.8) is 0 Å². The molecule has 0 unspecified atom stereocenters. The van der Waals surface area contributed by atoms with Crippen LogP contribution in [0, 0.1) is 15.9 Å². The third-order valence-electron chi connectivity index (χ3n) is 5.88. The summed E-state index contributed by atoms with van der Waals surface area (Å²) in [6.07, 6.45) is 0.554. The summed E-state index contributed by atoms with van der Waals surface area (Å²) in [5.74, 6) is 0.493. The first kappa shape index (κ1) is 25.4. The maximum absolute atomic E-state index is 13.5. The lowest BCUT2D eigenvalue weighted by molar-refractivity contribution is -0.384. The van der Waals surface area contributed by atoms with Gasteiger partial charge in [0.2, 0.25) is 0 Å². The van der Waals surface area contributed by atoms with Crippen LogP contribution in [0.4, 0.5) is 10.1 Å². The number of ether oxygens (including phenoxy) is 2. The lowest BCUT2D eigenvalue weighted by atomic mass is 10.1. The minimum atomic E-state index is -0.509. The molecule has 4 aromatic rings. The second kappa shape index (κ2) is 10.9. The fourth-order valence-corrected chi connectivity index (χ4v) is 3.86. The number of nitro groups is 1. The normalized spacial score (nSPS) is 10.7. The van der Waals surface area contributed by atoms with Crippen molar-refractivity contribution in [1.82, 2.24) is 14.7 Å². The number of non-ortho nitro benzene ring substituents is 1. The van der Waals surface area contributed by atoms with Crippen molar-refractivity contribution >= 4 is 11.6 Å². The molecule has 0 aliphatic carbocycles. The first-order valence-corrected chi connectivity index (χ1v) is 11.4. The molecule has 0 bridgehead atoms. The summed E-state index contributed by atoms with van der Waals surface area (Å²) in [7, 11) is 4.80. The van der Waals surface area contributed by atoms with Crippen LogP contribution >= 0.6 is 0 Å². The van der Waals surface area contributed by atoms with E-state index < -0.39 is 10.7 Å². The molecule has 3 aromatic carbocycles. The van der Waals surface area contributed by atoms with Gasteiger partial charge in [-0.15, -0.1) is 0 Å². The number of carbonyl (C=O) groups is 1. The molecule has 0 aliphatic rings. The smallest absolute Gasteiger partial charge is 0.272 e. The van der Waals surface area contributed by atoms with Crippen LogP contribution in [0.15, 0.2) is 72.8 Å². The Kier molecular flexibility index (Phi) is 7.47. The molecule has 0 aliphatic heterocycles. The van der Waals surface area contributed by atoms with E-state index >= 15 is 0 Å². The van der Waals surface area contributed by atoms with Gasteiger partial charge in [0.15, 0.2) is 11.5 Å². The molecule has 0 radical (unpaired) electrons. The van der Waals surface area contributed by atoms with E-state index in [4.69, 9.17) is 9.47 Å². The molecule has 4 rings (SSSR count). The molecule has 0 N–H and O–H groups in total. The second-order valence-electron chi connectivity index (χ2n) is 8.28. The van der Waals surface area contributed by atoms with Crippen LogP contribution in [-0.4, -0.2) is 53.3 Å². The molecule has 37 heavy (non-hydrogen) atoms. The van der Waals surface area contributed by atoms with Gasteiger partial charge < -0.3 is 14.4 Å². The van der Waals surface area contributed by atoms with Crippen molar-refractivity contribution in [2.24, 2.45) is 0 Å². The van der Waals surface area contributed by atoms with E-state index in [1.54, 1.807) is 50.4 Å². The monoisotopic (exact) mass is 504 g/mol. The van der Waals surface area contributed by atoms with E-state index in [9.17, 15) is 19.3 Å². The van der Waals surface area contributed by atoms with Crippen LogP contribution in [0.5, 0.6) is 11.5 Å². The van der Waals surface area contributed by atoms with Crippen molar-refractivity contribution in [2.75, 3.05) is 27.8 Å². The summed E-state index contributed by atoms with van der Waals surface area (Å²) < 4.78 is 25.5. The van der Waals surface area contributed by atoms with Crippen molar-refractivity contribution in [3.05, 3.63) is 100.0 Å². The summed E-state index contributed by atoms with van der Waals surface area (Å²) in [4.78, 5) is 25.9. The molecule has 1 heterocycles. The Balaban J connectivity index is 1.65. The molecule has 0 saturated heterocycles. The van der Waals surface area contributed by atoms with Gasteiger partial charge in [-0.1, -0.05) is 12.1 Å². The van der Waals surface area contributed by atoms with E-state index in [0.29, 0.717) is 41.4 Å². The van der Waals surface area contributed by atoms with Crippen LogP contribution in [0.2, 0.25) is 0 Å². The average molecular weight is 505 g/mol. The van der Waals surface area contributed by atoms with Crippen LogP contribution in [0.3, 0.4) is 0 Å². The van der Waals surface area contributed by atoms with Gasteiger partial charge >= 0.3 is 0 Å². The quantitative estimate of drug-likeness (QED) is 0.237. The van der Waals surface area contributed by atoms with E-state index in [1.165, 1.54) is 35.0 Å². The number of amides is 1. The van der Waals surface area contributed by atoms with Crippen molar-refractivity contribution in [1.29, 1.82) is 0 Å². The number of nitro benzene ring substituents is 1. The number of halogens is 1. The van der Waals surface area contributed by atoms with Crippen LogP contribution in [0.1, 0.15) is 16.1 Å².